The highest BCUT2D eigenvalue weighted by Crippen LogP contribution is 2.43. The van der Waals surface area contributed by atoms with Crippen molar-refractivity contribution in [1.82, 2.24) is 0 Å². The van der Waals surface area contributed by atoms with Crippen LogP contribution in [0.5, 0.6) is 0 Å². The van der Waals surface area contributed by atoms with Gasteiger partial charge in [-0.2, -0.15) is 0 Å². The van der Waals surface area contributed by atoms with E-state index in [4.69, 9.17) is 19.1 Å². The van der Waals surface area contributed by atoms with Crippen LogP contribution in [-0.4, -0.2) is 65.7 Å². The molecule has 0 radical (unpaired) electrons. The number of carbonyl (C=O) groups is 2. The molecule has 1 unspecified atom stereocenters. The average molecular weight is 747 g/mol. The van der Waals surface area contributed by atoms with Gasteiger partial charge in [0.1, 0.15) is 12.7 Å². The topological polar surface area (TPSA) is 149 Å². The number of hydrogen-bond acceptors (Lipinski definition) is 9. The highest BCUT2D eigenvalue weighted by atomic mass is 31.2. The summed E-state index contributed by atoms with van der Waals surface area (Å²) in [7, 11) is -4.61. The number of esters is 2. The fourth-order valence-corrected chi connectivity index (χ4v) is 6.21. The van der Waals surface area contributed by atoms with E-state index in [0.717, 1.165) is 64.2 Å². The van der Waals surface area contributed by atoms with Gasteiger partial charge < -0.3 is 24.6 Å². The molecule has 0 saturated carbocycles. The van der Waals surface area contributed by atoms with Gasteiger partial charge in [0.2, 0.25) is 0 Å². The Bertz CT molecular complexity index is 910. The van der Waals surface area contributed by atoms with Crippen molar-refractivity contribution < 1.29 is 47.8 Å². The number of ether oxygens (including phenoxy) is 2. The Morgan fingerprint density at radius 2 is 1.04 bits per heavy atom. The van der Waals surface area contributed by atoms with Gasteiger partial charge in [-0.25, -0.2) is 4.57 Å². The molecule has 51 heavy (non-hydrogen) atoms. The summed E-state index contributed by atoms with van der Waals surface area (Å²) >= 11 is 0. The number of rotatable bonds is 38. The second-order valence-electron chi connectivity index (χ2n) is 13.7. The van der Waals surface area contributed by atoms with Crippen molar-refractivity contribution in [3.8, 4) is 0 Å². The molecular formula is C40H75O10P. The molecule has 0 aromatic heterocycles. The summed E-state index contributed by atoms with van der Waals surface area (Å²) in [6.45, 7) is 2.32. The van der Waals surface area contributed by atoms with Crippen LogP contribution in [0.3, 0.4) is 0 Å². The summed E-state index contributed by atoms with van der Waals surface area (Å²) in [5.74, 6) is -0.936. The third-order valence-electron chi connectivity index (χ3n) is 8.61. The first-order valence-electron chi connectivity index (χ1n) is 20.3. The zero-order valence-corrected chi connectivity index (χ0v) is 33.2. The van der Waals surface area contributed by atoms with Gasteiger partial charge in [0, 0.05) is 12.8 Å². The zero-order valence-electron chi connectivity index (χ0n) is 32.3. The Labute approximate surface area is 310 Å². The van der Waals surface area contributed by atoms with E-state index in [-0.39, 0.29) is 19.4 Å². The van der Waals surface area contributed by atoms with Crippen molar-refractivity contribution in [2.24, 2.45) is 0 Å². The standard InChI is InChI=1S/C40H75O10P/c1-3-5-7-9-11-13-15-17-19-21-23-25-27-29-31-39(43)47-35-38(36-49-51(45,46)48-34-37(42)33-41)50-40(44)32-30-28-26-24-22-20-18-16-14-12-10-8-6-4-2/h9,11,15,17,37-38,41-42H,3-8,10,12-14,16,18-36H2,1-2H3,(H,45,46)/b11-9-,17-15-/t37-,38+/m0/s1. The predicted octanol–water partition coefficient (Wildman–Crippen LogP) is 10.2. The van der Waals surface area contributed by atoms with Crippen molar-refractivity contribution in [2.75, 3.05) is 26.4 Å². The summed E-state index contributed by atoms with van der Waals surface area (Å²) in [4.78, 5) is 34.9. The smallest absolute Gasteiger partial charge is 0.462 e. The van der Waals surface area contributed by atoms with Gasteiger partial charge in [-0.1, -0.05) is 154 Å². The molecular weight excluding hydrogens is 671 g/mol. The number of unbranched alkanes of at least 4 members (excludes halogenated alkanes) is 20. The fourth-order valence-electron chi connectivity index (χ4n) is 5.42. The number of carbonyl (C=O) groups excluding carboxylic acids is 2. The van der Waals surface area contributed by atoms with Gasteiger partial charge in [0.15, 0.2) is 6.10 Å². The lowest BCUT2D eigenvalue weighted by molar-refractivity contribution is -0.161. The van der Waals surface area contributed by atoms with Gasteiger partial charge in [0.25, 0.3) is 0 Å². The second kappa shape index (κ2) is 36.8. The quantitative estimate of drug-likeness (QED) is 0.0241. The minimum absolute atomic E-state index is 0.185. The minimum atomic E-state index is -4.61. The van der Waals surface area contributed by atoms with Gasteiger partial charge in [-0.15, -0.1) is 0 Å². The monoisotopic (exact) mass is 747 g/mol. The second-order valence-corrected chi connectivity index (χ2v) is 15.1. The van der Waals surface area contributed by atoms with Gasteiger partial charge in [0.05, 0.1) is 19.8 Å². The maximum Gasteiger partial charge on any atom is 0.472 e. The Morgan fingerprint density at radius 3 is 1.57 bits per heavy atom. The van der Waals surface area contributed by atoms with Crippen LogP contribution >= 0.6 is 7.82 Å². The average Bonchev–Trinajstić information content (AvgIpc) is 3.12. The molecule has 10 nitrogen and oxygen atoms in total. The summed E-state index contributed by atoms with van der Waals surface area (Å²) in [6, 6.07) is 0. The van der Waals surface area contributed by atoms with Crippen molar-refractivity contribution in [2.45, 2.75) is 193 Å². The maximum absolute atomic E-state index is 12.6. The van der Waals surface area contributed by atoms with Crippen LogP contribution in [0.15, 0.2) is 24.3 Å². The summed E-state index contributed by atoms with van der Waals surface area (Å²) in [5.41, 5.74) is 0. The van der Waals surface area contributed by atoms with Crippen molar-refractivity contribution in [3.05, 3.63) is 24.3 Å². The number of phosphoric ester groups is 1. The molecule has 0 spiro atoms. The van der Waals surface area contributed by atoms with Gasteiger partial charge >= 0.3 is 19.8 Å². The van der Waals surface area contributed by atoms with Crippen molar-refractivity contribution in [3.63, 3.8) is 0 Å². The first kappa shape index (κ1) is 49.5. The molecule has 0 aliphatic rings. The zero-order chi connectivity index (χ0) is 37.7. The Hall–Kier alpha value is -1.55. The van der Waals surface area contributed by atoms with E-state index < -0.39 is 51.8 Å². The Kier molecular flexibility index (Phi) is 35.7. The lowest BCUT2D eigenvalue weighted by atomic mass is 10.0. The van der Waals surface area contributed by atoms with Crippen LogP contribution in [0.1, 0.15) is 181 Å². The molecule has 0 fully saturated rings. The molecule has 300 valence electrons. The summed E-state index contributed by atoms with van der Waals surface area (Å²) in [5, 5.41) is 18.3. The molecule has 0 amide bonds. The number of allylic oxidation sites excluding steroid dienone is 4. The Balaban J connectivity index is 4.34. The molecule has 11 heteroatoms. The molecule has 0 aliphatic carbocycles. The fraction of sp³-hybridized carbons (Fsp3) is 0.850. The van der Waals surface area contributed by atoms with Crippen molar-refractivity contribution in [1.29, 1.82) is 0 Å². The minimum Gasteiger partial charge on any atom is -0.462 e. The van der Waals surface area contributed by atoms with Crippen LogP contribution in [0.4, 0.5) is 0 Å². The Morgan fingerprint density at radius 1 is 0.588 bits per heavy atom. The number of hydrogen-bond donors (Lipinski definition) is 3. The van der Waals surface area contributed by atoms with Gasteiger partial charge in [-0.05, 0) is 38.5 Å². The number of phosphoric acid groups is 1. The predicted molar refractivity (Wildman–Crippen MR) is 205 cm³/mol. The molecule has 0 heterocycles. The lowest BCUT2D eigenvalue weighted by Gasteiger charge is -2.20. The van der Waals surface area contributed by atoms with E-state index >= 15 is 0 Å². The van der Waals surface area contributed by atoms with E-state index in [2.05, 4.69) is 42.7 Å². The molecule has 3 N–H and O–H groups in total. The van der Waals surface area contributed by atoms with E-state index in [1.54, 1.807) is 0 Å². The van der Waals surface area contributed by atoms with Crippen LogP contribution in [0, 0.1) is 0 Å². The molecule has 0 bridgehead atoms. The third kappa shape index (κ3) is 36.6. The third-order valence-corrected chi connectivity index (χ3v) is 9.56. The van der Waals surface area contributed by atoms with Crippen LogP contribution in [0.2, 0.25) is 0 Å². The van der Waals surface area contributed by atoms with Crippen LogP contribution in [0.25, 0.3) is 0 Å². The normalized spacial score (nSPS) is 14.2. The number of aliphatic hydroxyl groups excluding tert-OH is 2. The van der Waals surface area contributed by atoms with E-state index in [1.165, 1.54) is 77.0 Å². The highest BCUT2D eigenvalue weighted by molar-refractivity contribution is 7.47. The molecule has 0 aromatic rings. The van der Waals surface area contributed by atoms with Crippen LogP contribution in [-0.2, 0) is 32.7 Å². The lowest BCUT2D eigenvalue weighted by Crippen LogP contribution is -2.29. The van der Waals surface area contributed by atoms with Crippen molar-refractivity contribution >= 4 is 19.8 Å². The SMILES string of the molecule is CCCC/C=C\C/C=C\CCCCCCCC(=O)OC[C@H](COP(=O)(O)OC[C@@H](O)CO)OC(=O)CCCCCCCCCCCCCCCC. The summed E-state index contributed by atoms with van der Waals surface area (Å²) in [6.07, 6.45) is 34.2. The van der Waals surface area contributed by atoms with E-state index in [9.17, 15) is 24.2 Å². The van der Waals surface area contributed by atoms with Gasteiger partial charge in [-0.3, -0.25) is 18.6 Å². The number of aliphatic hydroxyl groups is 2. The molecule has 0 aliphatic heterocycles. The molecule has 0 aromatic carbocycles. The maximum atomic E-state index is 12.6. The largest absolute Gasteiger partial charge is 0.472 e. The van der Waals surface area contributed by atoms with Crippen LogP contribution < -0.4 is 0 Å². The molecule has 0 rings (SSSR count). The molecule has 0 saturated heterocycles. The van der Waals surface area contributed by atoms with E-state index in [1.807, 2.05) is 0 Å². The highest BCUT2D eigenvalue weighted by Gasteiger charge is 2.27. The first-order valence-corrected chi connectivity index (χ1v) is 21.8. The molecule has 3 atom stereocenters. The van der Waals surface area contributed by atoms with E-state index in [0.29, 0.717) is 12.8 Å². The first-order chi connectivity index (χ1) is 24.7. The summed E-state index contributed by atoms with van der Waals surface area (Å²) < 4.78 is 32.6.